The summed E-state index contributed by atoms with van der Waals surface area (Å²) < 4.78 is 13.2. The molecule has 0 spiro atoms. The molecule has 0 radical (unpaired) electrons. The molecule has 2 saturated heterocycles. The highest BCUT2D eigenvalue weighted by atomic mass is 16.7. The Morgan fingerprint density at radius 3 is 2.35 bits per heavy atom. The molecule has 0 bridgehead atoms. The number of amides is 1. The van der Waals surface area contributed by atoms with Gasteiger partial charge < -0.3 is 30.1 Å². The van der Waals surface area contributed by atoms with E-state index < -0.39 is 12.3 Å². The minimum absolute atomic E-state index is 0.0143. The van der Waals surface area contributed by atoms with Crippen LogP contribution in [0.3, 0.4) is 0 Å². The zero-order valence-corrected chi connectivity index (χ0v) is 24.4. The minimum Gasteiger partial charge on any atom is -0.481 e. The van der Waals surface area contributed by atoms with E-state index in [0.29, 0.717) is 19.6 Å². The van der Waals surface area contributed by atoms with Crippen molar-refractivity contribution in [1.29, 1.82) is 0 Å². The van der Waals surface area contributed by atoms with Gasteiger partial charge in [-0.25, -0.2) is 0 Å². The summed E-state index contributed by atoms with van der Waals surface area (Å²) in [6, 6.07) is 23.7. The van der Waals surface area contributed by atoms with Crippen LogP contribution in [0.2, 0.25) is 0 Å². The van der Waals surface area contributed by atoms with Gasteiger partial charge in [0.2, 0.25) is 5.91 Å². The summed E-state index contributed by atoms with van der Waals surface area (Å²) in [5.41, 5.74) is 5.63. The predicted octanol–water partition coefficient (Wildman–Crippen LogP) is 4.18. The van der Waals surface area contributed by atoms with Gasteiger partial charge in [0.05, 0.1) is 31.3 Å². The number of carbonyl (C=O) groups is 2. The zero-order chi connectivity index (χ0) is 30.3. The average Bonchev–Trinajstić information content (AvgIpc) is 3.44. The maximum absolute atomic E-state index is 12.1. The van der Waals surface area contributed by atoms with Crippen LogP contribution in [0.5, 0.6) is 0 Å². The molecule has 3 aromatic rings. The number of aliphatic hydroxyl groups excluding tert-OH is 2. The van der Waals surface area contributed by atoms with Crippen molar-refractivity contribution in [3.8, 4) is 11.1 Å². The minimum atomic E-state index is -0.997. The summed E-state index contributed by atoms with van der Waals surface area (Å²) in [5.74, 6) is -1.24. The number of hydrogen-bond acceptors (Lipinski definition) is 7. The van der Waals surface area contributed by atoms with Crippen LogP contribution in [-0.4, -0.2) is 63.9 Å². The van der Waals surface area contributed by atoms with Crippen LogP contribution in [0, 0.1) is 5.92 Å². The Morgan fingerprint density at radius 1 is 0.953 bits per heavy atom. The third-order valence-electron chi connectivity index (χ3n) is 8.36. The van der Waals surface area contributed by atoms with E-state index in [-0.39, 0.29) is 49.6 Å². The Morgan fingerprint density at radius 2 is 1.67 bits per heavy atom. The van der Waals surface area contributed by atoms with Crippen molar-refractivity contribution in [2.24, 2.45) is 5.92 Å². The smallest absolute Gasteiger partial charge is 0.303 e. The molecular weight excluding hydrogens is 548 g/mol. The summed E-state index contributed by atoms with van der Waals surface area (Å²) in [4.78, 5) is 25.1. The summed E-state index contributed by atoms with van der Waals surface area (Å²) in [7, 11) is 0. The summed E-state index contributed by atoms with van der Waals surface area (Å²) in [6.07, 6.45) is -0.712. The van der Waals surface area contributed by atoms with E-state index in [0.717, 1.165) is 46.3 Å². The molecule has 9 nitrogen and oxygen atoms in total. The first-order valence-electron chi connectivity index (χ1n) is 14.9. The highest BCUT2D eigenvalue weighted by Crippen LogP contribution is 2.42. The number of nitrogens with zero attached hydrogens (tertiary/aromatic N) is 1. The number of ether oxygens (including phenoxy) is 2. The lowest BCUT2D eigenvalue weighted by Crippen LogP contribution is -2.44. The Balaban J connectivity index is 1.34. The van der Waals surface area contributed by atoms with Crippen molar-refractivity contribution < 1.29 is 34.4 Å². The molecule has 5 unspecified atom stereocenters. The van der Waals surface area contributed by atoms with Gasteiger partial charge in [0.15, 0.2) is 6.29 Å². The van der Waals surface area contributed by atoms with Crippen molar-refractivity contribution in [2.75, 3.05) is 19.6 Å². The van der Waals surface area contributed by atoms with Gasteiger partial charge in [0, 0.05) is 44.1 Å². The third kappa shape index (κ3) is 7.87. The molecule has 3 aromatic carbocycles. The molecule has 2 aliphatic heterocycles. The molecule has 0 saturated carbocycles. The third-order valence-corrected chi connectivity index (χ3v) is 8.36. The van der Waals surface area contributed by atoms with Crippen molar-refractivity contribution in [3.05, 3.63) is 95.1 Å². The van der Waals surface area contributed by atoms with Crippen LogP contribution >= 0.6 is 0 Å². The molecule has 0 aliphatic carbocycles. The van der Waals surface area contributed by atoms with Crippen LogP contribution in [-0.2, 0) is 32.2 Å². The molecule has 5 atom stereocenters. The zero-order valence-electron chi connectivity index (χ0n) is 24.4. The number of carboxylic acid groups (broad SMARTS) is 1. The molecule has 2 heterocycles. The van der Waals surface area contributed by atoms with Crippen LogP contribution in [0.4, 0.5) is 0 Å². The number of benzene rings is 3. The second kappa shape index (κ2) is 14.2. The van der Waals surface area contributed by atoms with Gasteiger partial charge in [-0.15, -0.1) is 0 Å². The maximum atomic E-state index is 12.1. The number of aliphatic carboxylic acids is 1. The van der Waals surface area contributed by atoms with Crippen LogP contribution in [0.15, 0.2) is 72.8 Å². The highest BCUT2D eigenvalue weighted by molar-refractivity contribution is 5.80. The van der Waals surface area contributed by atoms with Crippen molar-refractivity contribution in [1.82, 2.24) is 10.2 Å². The summed E-state index contributed by atoms with van der Waals surface area (Å²) in [6.45, 7) is 4.60. The topological polar surface area (TPSA) is 129 Å². The molecule has 9 heteroatoms. The fraction of sp³-hybridized carbons (Fsp3) is 0.412. The van der Waals surface area contributed by atoms with E-state index >= 15 is 0 Å². The van der Waals surface area contributed by atoms with E-state index in [9.17, 15) is 19.8 Å². The lowest BCUT2D eigenvalue weighted by molar-refractivity contribution is -0.276. The summed E-state index contributed by atoms with van der Waals surface area (Å²) >= 11 is 0. The van der Waals surface area contributed by atoms with Crippen molar-refractivity contribution in [2.45, 2.75) is 63.9 Å². The van der Waals surface area contributed by atoms with E-state index in [4.69, 9.17) is 14.6 Å². The Hall–Kier alpha value is -3.60. The largest absolute Gasteiger partial charge is 0.481 e. The number of likely N-dealkylation sites (tertiary alicyclic amines) is 1. The van der Waals surface area contributed by atoms with Crippen molar-refractivity contribution in [3.63, 3.8) is 0 Å². The molecule has 4 N–H and O–H groups in total. The first kappa shape index (κ1) is 30.8. The van der Waals surface area contributed by atoms with Gasteiger partial charge in [0.25, 0.3) is 0 Å². The number of nitrogens with one attached hydrogen (secondary N) is 1. The molecule has 2 fully saturated rings. The lowest BCUT2D eigenvalue weighted by Gasteiger charge is -2.42. The van der Waals surface area contributed by atoms with Gasteiger partial charge in [-0.1, -0.05) is 79.7 Å². The van der Waals surface area contributed by atoms with Gasteiger partial charge in [0.1, 0.15) is 0 Å². The molecule has 2 aliphatic rings. The predicted molar refractivity (Wildman–Crippen MR) is 161 cm³/mol. The van der Waals surface area contributed by atoms with E-state index in [1.165, 1.54) is 0 Å². The van der Waals surface area contributed by atoms with E-state index in [1.807, 2.05) is 72.8 Å². The quantitative estimate of drug-likeness (QED) is 0.263. The van der Waals surface area contributed by atoms with Crippen LogP contribution in [0.1, 0.15) is 60.8 Å². The number of aliphatic hydroxyl groups is 2. The van der Waals surface area contributed by atoms with Crippen LogP contribution in [0.25, 0.3) is 11.1 Å². The van der Waals surface area contributed by atoms with Gasteiger partial charge >= 0.3 is 5.97 Å². The Bertz CT molecular complexity index is 1380. The Kier molecular flexibility index (Phi) is 10.2. The monoisotopic (exact) mass is 588 g/mol. The average molecular weight is 589 g/mol. The van der Waals surface area contributed by atoms with Crippen molar-refractivity contribution >= 4 is 11.9 Å². The number of rotatable bonds is 11. The standard InChI is InChI=1S/C34H40N2O7/c1-22-30(20-36-17-16-28(38)19-36)42-34(43-33(22)25-8-6-23(21-37)7-9-25)26-12-10-24(11-13-26)29-5-3-2-4-27(29)18-35-31(39)14-15-32(40)41/h2-13,22,28,30,33-34,37-38H,14-21H2,1H3,(H,35,39)(H,40,41). The second-order valence-corrected chi connectivity index (χ2v) is 11.5. The number of hydrogen-bond donors (Lipinski definition) is 4. The van der Waals surface area contributed by atoms with Gasteiger partial charge in [-0.2, -0.15) is 0 Å². The Labute approximate surface area is 252 Å². The van der Waals surface area contributed by atoms with Gasteiger partial charge in [-0.05, 0) is 34.2 Å². The van der Waals surface area contributed by atoms with Crippen LogP contribution < -0.4 is 5.32 Å². The van der Waals surface area contributed by atoms with E-state index in [2.05, 4.69) is 17.1 Å². The van der Waals surface area contributed by atoms with E-state index in [1.54, 1.807) is 0 Å². The number of carbonyl (C=O) groups excluding carboxylic acids is 1. The first-order valence-corrected chi connectivity index (χ1v) is 14.9. The molecular formula is C34H40N2O7. The number of carboxylic acids is 1. The van der Waals surface area contributed by atoms with Gasteiger partial charge in [-0.3, -0.25) is 14.5 Å². The molecule has 43 heavy (non-hydrogen) atoms. The summed E-state index contributed by atoms with van der Waals surface area (Å²) in [5, 5.41) is 31.2. The molecule has 1 amide bonds. The maximum Gasteiger partial charge on any atom is 0.303 e. The second-order valence-electron chi connectivity index (χ2n) is 11.5. The molecule has 0 aromatic heterocycles. The first-order chi connectivity index (χ1) is 20.8. The number of β-amino-alcohol motifs (C(OH)–C–C–N with tert-alkyl or cyclic N) is 1. The fourth-order valence-electron chi connectivity index (χ4n) is 5.84. The molecule has 228 valence electrons. The molecule has 5 rings (SSSR count). The normalized spacial score (nSPS) is 24.1. The lowest BCUT2D eigenvalue weighted by atomic mass is 9.90. The SMILES string of the molecule is CC1C(CN2CCC(O)C2)OC(c2ccc(-c3ccccc3CNC(=O)CCC(=O)O)cc2)OC1c1ccc(CO)cc1. The fourth-order valence-corrected chi connectivity index (χ4v) is 5.84. The highest BCUT2D eigenvalue weighted by Gasteiger charge is 2.39.